The molecule has 6 heteroatoms. The number of hydrogen-bond donors (Lipinski definition) is 0. The maximum atomic E-state index is 12.5. The highest BCUT2D eigenvalue weighted by Crippen LogP contribution is 2.33. The number of hydrogen-bond acceptors (Lipinski definition) is 4. The first kappa shape index (κ1) is 12.8. The molecule has 0 spiro atoms. The summed E-state index contributed by atoms with van der Waals surface area (Å²) in [6.07, 6.45) is 0. The molecule has 0 N–H and O–H groups in total. The van der Waals surface area contributed by atoms with Crippen molar-refractivity contribution in [3.8, 4) is 11.5 Å². The fraction of sp³-hybridized carbons (Fsp3) is 0.429. The van der Waals surface area contributed by atoms with Gasteiger partial charge in [0, 0.05) is 25.7 Å². The largest absolute Gasteiger partial charge is 0.454 e. The van der Waals surface area contributed by atoms with Gasteiger partial charge in [-0.25, -0.2) is 0 Å². The Morgan fingerprint density at radius 2 is 2.00 bits per heavy atom. The molecule has 1 aromatic carbocycles. The van der Waals surface area contributed by atoms with Crippen LogP contribution in [0.5, 0.6) is 11.5 Å². The minimum Gasteiger partial charge on any atom is -0.454 e. The van der Waals surface area contributed by atoms with Crippen molar-refractivity contribution >= 4 is 11.8 Å². The first-order valence-corrected chi connectivity index (χ1v) is 6.53. The first-order chi connectivity index (χ1) is 9.58. The lowest BCUT2D eigenvalue weighted by Gasteiger charge is -2.37. The maximum absolute atomic E-state index is 12.5. The summed E-state index contributed by atoms with van der Waals surface area (Å²) in [5, 5.41) is 0. The van der Waals surface area contributed by atoms with Gasteiger partial charge in [0.25, 0.3) is 5.91 Å². The number of amides is 2. The van der Waals surface area contributed by atoms with Gasteiger partial charge in [-0.05, 0) is 25.1 Å². The zero-order valence-electron chi connectivity index (χ0n) is 11.5. The van der Waals surface area contributed by atoms with Crippen LogP contribution in [0.15, 0.2) is 18.2 Å². The van der Waals surface area contributed by atoms with Gasteiger partial charge in [0.2, 0.25) is 12.7 Å². The van der Waals surface area contributed by atoms with Crippen LogP contribution >= 0.6 is 0 Å². The summed E-state index contributed by atoms with van der Waals surface area (Å²) in [6.45, 7) is 3.02. The van der Waals surface area contributed by atoms with Gasteiger partial charge in [-0.2, -0.15) is 0 Å². The molecule has 0 radical (unpaired) electrons. The van der Waals surface area contributed by atoms with Gasteiger partial charge in [0.15, 0.2) is 11.5 Å². The van der Waals surface area contributed by atoms with Crippen LogP contribution in [0.1, 0.15) is 17.3 Å². The Bertz CT molecular complexity index is 572. The summed E-state index contributed by atoms with van der Waals surface area (Å²) in [5.41, 5.74) is 0.512. The lowest BCUT2D eigenvalue weighted by Crippen LogP contribution is -2.56. The third kappa shape index (κ3) is 1.97. The van der Waals surface area contributed by atoms with E-state index in [0.717, 1.165) is 0 Å². The van der Waals surface area contributed by atoms with E-state index in [1.54, 1.807) is 42.0 Å². The maximum Gasteiger partial charge on any atom is 0.254 e. The summed E-state index contributed by atoms with van der Waals surface area (Å²) in [4.78, 5) is 27.7. The third-order valence-electron chi connectivity index (χ3n) is 3.76. The molecule has 2 aliphatic heterocycles. The Morgan fingerprint density at radius 1 is 1.25 bits per heavy atom. The fourth-order valence-corrected chi connectivity index (χ4v) is 2.49. The Kier molecular flexibility index (Phi) is 3.00. The molecule has 1 saturated heterocycles. The smallest absolute Gasteiger partial charge is 0.254 e. The summed E-state index contributed by atoms with van der Waals surface area (Å²) < 4.78 is 10.5. The van der Waals surface area contributed by atoms with E-state index in [1.807, 2.05) is 0 Å². The van der Waals surface area contributed by atoms with Crippen molar-refractivity contribution in [2.24, 2.45) is 0 Å². The molecule has 1 aromatic rings. The van der Waals surface area contributed by atoms with E-state index in [4.69, 9.17) is 9.47 Å². The average molecular weight is 276 g/mol. The van der Waals surface area contributed by atoms with Crippen LogP contribution < -0.4 is 9.47 Å². The van der Waals surface area contributed by atoms with Gasteiger partial charge in [-0.3, -0.25) is 9.59 Å². The molecular formula is C14H16N2O4. The van der Waals surface area contributed by atoms with E-state index in [-0.39, 0.29) is 18.6 Å². The van der Waals surface area contributed by atoms with E-state index >= 15 is 0 Å². The number of ether oxygens (including phenoxy) is 2. The van der Waals surface area contributed by atoms with Crippen LogP contribution in [0.25, 0.3) is 0 Å². The number of carbonyl (C=O) groups excluding carboxylic acids is 2. The van der Waals surface area contributed by atoms with Crippen molar-refractivity contribution in [1.29, 1.82) is 0 Å². The minimum atomic E-state index is -0.438. The fourth-order valence-electron chi connectivity index (χ4n) is 2.49. The number of rotatable bonds is 1. The van der Waals surface area contributed by atoms with Crippen LogP contribution in [0.3, 0.4) is 0 Å². The Balaban J connectivity index is 1.84. The molecule has 3 rings (SSSR count). The highest BCUT2D eigenvalue weighted by Gasteiger charge is 2.33. The van der Waals surface area contributed by atoms with E-state index in [1.165, 1.54) is 0 Å². The number of piperazine rings is 1. The highest BCUT2D eigenvalue weighted by molar-refractivity contribution is 5.98. The van der Waals surface area contributed by atoms with E-state index in [0.29, 0.717) is 30.2 Å². The van der Waals surface area contributed by atoms with Gasteiger partial charge in [-0.1, -0.05) is 0 Å². The molecule has 0 aliphatic carbocycles. The molecule has 6 nitrogen and oxygen atoms in total. The third-order valence-corrected chi connectivity index (χ3v) is 3.76. The number of nitrogens with zero attached hydrogens (tertiary/aromatic N) is 2. The molecule has 2 heterocycles. The van der Waals surface area contributed by atoms with E-state index in [2.05, 4.69) is 0 Å². The molecular weight excluding hydrogens is 260 g/mol. The van der Waals surface area contributed by atoms with Gasteiger partial charge in [-0.15, -0.1) is 0 Å². The molecule has 2 amide bonds. The molecule has 20 heavy (non-hydrogen) atoms. The molecule has 1 fully saturated rings. The summed E-state index contributed by atoms with van der Waals surface area (Å²) in [6, 6.07) is 4.65. The van der Waals surface area contributed by atoms with E-state index < -0.39 is 6.04 Å². The molecule has 2 aliphatic rings. The monoisotopic (exact) mass is 276 g/mol. The summed E-state index contributed by atoms with van der Waals surface area (Å²) in [7, 11) is 1.75. The summed E-state index contributed by atoms with van der Waals surface area (Å²) in [5.74, 6) is 1.02. The normalized spacial score (nSPS) is 21.3. The zero-order chi connectivity index (χ0) is 14.3. The van der Waals surface area contributed by atoms with Gasteiger partial charge in [0.05, 0.1) is 0 Å². The topological polar surface area (TPSA) is 59.1 Å². The molecule has 1 atom stereocenters. The van der Waals surface area contributed by atoms with Gasteiger partial charge >= 0.3 is 0 Å². The number of carbonyl (C=O) groups is 2. The van der Waals surface area contributed by atoms with Crippen molar-refractivity contribution < 1.29 is 19.1 Å². The SMILES string of the molecule is CC1C(=O)N(C)CCN1C(=O)c1ccc2c(c1)OCO2. The molecule has 0 aromatic heterocycles. The Hall–Kier alpha value is -2.24. The molecule has 106 valence electrons. The van der Waals surface area contributed by atoms with Crippen LogP contribution in [-0.2, 0) is 4.79 Å². The number of fused-ring (bicyclic) bond motifs is 1. The second-order valence-electron chi connectivity index (χ2n) is 5.00. The van der Waals surface area contributed by atoms with Crippen LogP contribution in [-0.4, -0.2) is 54.6 Å². The quantitative estimate of drug-likeness (QED) is 0.758. The average Bonchev–Trinajstić information content (AvgIpc) is 2.91. The Labute approximate surface area is 116 Å². The van der Waals surface area contributed by atoms with Crippen molar-refractivity contribution in [2.45, 2.75) is 13.0 Å². The van der Waals surface area contributed by atoms with Crippen molar-refractivity contribution in [3.05, 3.63) is 23.8 Å². The Morgan fingerprint density at radius 3 is 2.80 bits per heavy atom. The van der Waals surface area contributed by atoms with Crippen LogP contribution in [0.4, 0.5) is 0 Å². The summed E-state index contributed by atoms with van der Waals surface area (Å²) >= 11 is 0. The van der Waals surface area contributed by atoms with Gasteiger partial charge in [0.1, 0.15) is 6.04 Å². The number of benzene rings is 1. The second-order valence-corrected chi connectivity index (χ2v) is 5.00. The van der Waals surface area contributed by atoms with Crippen LogP contribution in [0.2, 0.25) is 0 Å². The first-order valence-electron chi connectivity index (χ1n) is 6.53. The lowest BCUT2D eigenvalue weighted by molar-refractivity contribution is -0.137. The zero-order valence-corrected chi connectivity index (χ0v) is 11.5. The second kappa shape index (κ2) is 4.70. The molecule has 0 bridgehead atoms. The van der Waals surface area contributed by atoms with Crippen molar-refractivity contribution in [3.63, 3.8) is 0 Å². The van der Waals surface area contributed by atoms with Crippen molar-refractivity contribution in [2.75, 3.05) is 26.9 Å². The van der Waals surface area contributed by atoms with E-state index in [9.17, 15) is 9.59 Å². The van der Waals surface area contributed by atoms with Crippen LogP contribution in [0, 0.1) is 0 Å². The molecule has 1 unspecified atom stereocenters. The van der Waals surface area contributed by atoms with Gasteiger partial charge < -0.3 is 19.3 Å². The lowest BCUT2D eigenvalue weighted by atomic mass is 10.1. The number of likely N-dealkylation sites (N-methyl/N-ethyl adjacent to an activating group) is 1. The highest BCUT2D eigenvalue weighted by atomic mass is 16.7. The predicted octanol–water partition coefficient (Wildman–Crippen LogP) is 0.718. The standard InChI is InChI=1S/C14H16N2O4/c1-9-13(17)15(2)5-6-16(9)14(18)10-3-4-11-12(7-10)20-8-19-11/h3-4,7,9H,5-6,8H2,1-2H3. The minimum absolute atomic E-state index is 0.0367. The van der Waals surface area contributed by atoms with Crippen molar-refractivity contribution in [1.82, 2.24) is 9.80 Å². The predicted molar refractivity (Wildman–Crippen MR) is 70.7 cm³/mol. The molecule has 0 saturated carbocycles.